The maximum Gasteiger partial charge on any atom is 0.123 e. The molecule has 18 heavy (non-hydrogen) atoms. The molecule has 3 rings (SSSR count). The van der Waals surface area contributed by atoms with Gasteiger partial charge in [0.2, 0.25) is 0 Å². The molecule has 1 fully saturated rings. The van der Waals surface area contributed by atoms with Crippen molar-refractivity contribution < 1.29 is 4.74 Å². The molecule has 1 aromatic rings. The van der Waals surface area contributed by atoms with Crippen LogP contribution in [0.2, 0.25) is 0 Å². The first-order valence-electron chi connectivity index (χ1n) is 7.19. The molecule has 2 nitrogen and oxygen atoms in total. The van der Waals surface area contributed by atoms with E-state index in [2.05, 4.69) is 43.6 Å². The largest absolute Gasteiger partial charge is 0.490 e. The summed E-state index contributed by atoms with van der Waals surface area (Å²) in [6, 6.07) is 9.18. The fraction of sp³-hybridized carbons (Fsp3) is 0.625. The number of rotatable bonds is 3. The summed E-state index contributed by atoms with van der Waals surface area (Å²) in [7, 11) is 2.09. The Morgan fingerprint density at radius 1 is 1.28 bits per heavy atom. The lowest BCUT2D eigenvalue weighted by Crippen LogP contribution is -2.30. The van der Waals surface area contributed by atoms with Gasteiger partial charge in [-0.1, -0.05) is 25.1 Å². The second-order valence-corrected chi connectivity index (χ2v) is 5.88. The first-order valence-corrected chi connectivity index (χ1v) is 7.19. The van der Waals surface area contributed by atoms with Crippen molar-refractivity contribution in [3.8, 4) is 5.75 Å². The number of fused-ring (bicyclic) bond motifs is 1. The first kappa shape index (κ1) is 12.0. The molecule has 1 aliphatic carbocycles. The predicted octanol–water partition coefficient (Wildman–Crippen LogP) is 3.01. The number of hydrogen-bond acceptors (Lipinski definition) is 2. The highest BCUT2D eigenvalue weighted by atomic mass is 16.5. The minimum absolute atomic E-state index is 0.408. The fourth-order valence-electron chi connectivity index (χ4n) is 3.71. The Balaban J connectivity index is 1.60. The van der Waals surface area contributed by atoms with Gasteiger partial charge in [0.1, 0.15) is 11.9 Å². The molecule has 2 heteroatoms. The van der Waals surface area contributed by atoms with E-state index >= 15 is 0 Å². The van der Waals surface area contributed by atoms with Gasteiger partial charge in [-0.2, -0.15) is 0 Å². The van der Waals surface area contributed by atoms with Crippen LogP contribution in [0.5, 0.6) is 5.75 Å². The Morgan fingerprint density at radius 3 is 2.83 bits per heavy atom. The number of benzene rings is 1. The van der Waals surface area contributed by atoms with Gasteiger partial charge in [0.25, 0.3) is 0 Å². The zero-order valence-corrected chi connectivity index (χ0v) is 11.4. The summed E-state index contributed by atoms with van der Waals surface area (Å²) < 4.78 is 6.07. The van der Waals surface area contributed by atoms with Crippen LogP contribution >= 0.6 is 0 Å². The van der Waals surface area contributed by atoms with Crippen molar-refractivity contribution in [1.29, 1.82) is 0 Å². The van der Waals surface area contributed by atoms with Crippen LogP contribution < -0.4 is 10.1 Å². The number of hydrogen-bond donors (Lipinski definition) is 1. The SMILES string of the molecule is CNC1CCC(CC2Cc3ccccc3O2)C1C. The molecule has 0 amide bonds. The highest BCUT2D eigenvalue weighted by molar-refractivity contribution is 5.37. The van der Waals surface area contributed by atoms with E-state index in [9.17, 15) is 0 Å². The molecule has 0 bridgehead atoms. The summed E-state index contributed by atoms with van der Waals surface area (Å²) in [5, 5.41) is 3.44. The highest BCUT2D eigenvalue weighted by Crippen LogP contribution is 2.38. The van der Waals surface area contributed by atoms with E-state index in [-0.39, 0.29) is 0 Å². The van der Waals surface area contributed by atoms with Gasteiger partial charge in [0.05, 0.1) is 0 Å². The smallest absolute Gasteiger partial charge is 0.123 e. The molecule has 1 aliphatic heterocycles. The summed E-state index contributed by atoms with van der Waals surface area (Å²) in [6.07, 6.45) is 5.40. The first-order chi connectivity index (χ1) is 8.78. The van der Waals surface area contributed by atoms with Crippen LogP contribution in [0.4, 0.5) is 0 Å². The van der Waals surface area contributed by atoms with E-state index < -0.39 is 0 Å². The van der Waals surface area contributed by atoms with Crippen LogP contribution in [-0.2, 0) is 6.42 Å². The van der Waals surface area contributed by atoms with Crippen LogP contribution in [0, 0.1) is 11.8 Å². The topological polar surface area (TPSA) is 21.3 Å². The monoisotopic (exact) mass is 245 g/mol. The third-order valence-corrected chi connectivity index (χ3v) is 4.88. The molecule has 98 valence electrons. The normalized spacial score (nSPS) is 34.3. The Bertz CT molecular complexity index is 392. The lowest BCUT2D eigenvalue weighted by Gasteiger charge is -2.22. The van der Waals surface area contributed by atoms with Crippen molar-refractivity contribution >= 4 is 0 Å². The molecular formula is C16H23NO. The van der Waals surface area contributed by atoms with E-state index in [1.165, 1.54) is 24.8 Å². The summed E-state index contributed by atoms with van der Waals surface area (Å²) in [6.45, 7) is 2.39. The lowest BCUT2D eigenvalue weighted by molar-refractivity contribution is 0.177. The second-order valence-electron chi connectivity index (χ2n) is 5.88. The molecule has 4 atom stereocenters. The third kappa shape index (κ3) is 2.14. The van der Waals surface area contributed by atoms with Gasteiger partial charge in [-0.05, 0) is 49.8 Å². The van der Waals surface area contributed by atoms with E-state index in [0.29, 0.717) is 12.1 Å². The fourth-order valence-corrected chi connectivity index (χ4v) is 3.71. The third-order valence-electron chi connectivity index (χ3n) is 4.88. The van der Waals surface area contributed by atoms with Gasteiger partial charge < -0.3 is 10.1 Å². The van der Waals surface area contributed by atoms with Crippen LogP contribution in [-0.4, -0.2) is 19.2 Å². The van der Waals surface area contributed by atoms with Crippen LogP contribution in [0.1, 0.15) is 31.7 Å². The average molecular weight is 245 g/mol. The molecule has 0 saturated heterocycles. The molecule has 0 radical (unpaired) electrons. The van der Waals surface area contributed by atoms with Crippen molar-refractivity contribution in [3.05, 3.63) is 29.8 Å². The molecule has 2 aliphatic rings. The Hall–Kier alpha value is -1.02. The van der Waals surface area contributed by atoms with E-state index in [0.717, 1.165) is 24.0 Å². The van der Waals surface area contributed by atoms with Gasteiger partial charge in [0, 0.05) is 12.5 Å². The van der Waals surface area contributed by atoms with Crippen molar-refractivity contribution in [2.75, 3.05) is 7.05 Å². The minimum Gasteiger partial charge on any atom is -0.490 e. The summed E-state index contributed by atoms with van der Waals surface area (Å²) >= 11 is 0. The zero-order valence-electron chi connectivity index (χ0n) is 11.4. The van der Waals surface area contributed by atoms with E-state index in [1.54, 1.807) is 0 Å². The maximum absolute atomic E-state index is 6.07. The molecule has 0 spiro atoms. The van der Waals surface area contributed by atoms with Crippen LogP contribution in [0.25, 0.3) is 0 Å². The van der Waals surface area contributed by atoms with Crippen LogP contribution in [0.3, 0.4) is 0 Å². The molecule has 1 aromatic carbocycles. The standard InChI is InChI=1S/C16H23NO/c1-11-12(7-8-15(11)17-2)9-14-10-13-5-3-4-6-16(13)18-14/h3-6,11-12,14-15,17H,7-10H2,1-2H3. The van der Waals surface area contributed by atoms with Crippen molar-refractivity contribution in [3.63, 3.8) is 0 Å². The predicted molar refractivity (Wildman–Crippen MR) is 73.9 cm³/mol. The molecule has 4 unspecified atom stereocenters. The molecule has 0 aromatic heterocycles. The number of ether oxygens (including phenoxy) is 1. The number of para-hydroxylation sites is 1. The summed E-state index contributed by atoms with van der Waals surface area (Å²) in [5.74, 6) is 2.71. The van der Waals surface area contributed by atoms with Gasteiger partial charge in [0.15, 0.2) is 0 Å². The van der Waals surface area contributed by atoms with Gasteiger partial charge >= 0.3 is 0 Å². The minimum atomic E-state index is 0.408. The Labute approximate surface area is 110 Å². The second kappa shape index (κ2) is 4.93. The Morgan fingerprint density at radius 2 is 2.11 bits per heavy atom. The van der Waals surface area contributed by atoms with Crippen molar-refractivity contribution in [2.24, 2.45) is 11.8 Å². The van der Waals surface area contributed by atoms with E-state index in [1.807, 2.05) is 0 Å². The Kier molecular flexibility index (Phi) is 3.29. The maximum atomic E-state index is 6.07. The average Bonchev–Trinajstić information content (AvgIpc) is 2.94. The van der Waals surface area contributed by atoms with Gasteiger partial charge in [-0.15, -0.1) is 0 Å². The molecular weight excluding hydrogens is 222 g/mol. The molecule has 1 N–H and O–H groups in total. The molecule has 1 saturated carbocycles. The number of nitrogens with one attached hydrogen (secondary N) is 1. The zero-order chi connectivity index (χ0) is 12.5. The lowest BCUT2D eigenvalue weighted by atomic mass is 9.89. The van der Waals surface area contributed by atoms with Crippen molar-refractivity contribution in [1.82, 2.24) is 5.32 Å². The quantitative estimate of drug-likeness (QED) is 0.884. The van der Waals surface area contributed by atoms with Crippen molar-refractivity contribution in [2.45, 2.75) is 44.8 Å². The van der Waals surface area contributed by atoms with E-state index in [4.69, 9.17) is 4.74 Å². The summed E-state index contributed by atoms with van der Waals surface area (Å²) in [4.78, 5) is 0. The summed E-state index contributed by atoms with van der Waals surface area (Å²) in [5.41, 5.74) is 1.39. The molecule has 1 heterocycles. The van der Waals surface area contributed by atoms with Gasteiger partial charge in [-0.3, -0.25) is 0 Å². The van der Waals surface area contributed by atoms with Gasteiger partial charge in [-0.25, -0.2) is 0 Å². The van der Waals surface area contributed by atoms with Crippen LogP contribution in [0.15, 0.2) is 24.3 Å². The highest BCUT2D eigenvalue weighted by Gasteiger charge is 2.35.